The molecule has 2 saturated heterocycles. The van der Waals surface area contributed by atoms with Crippen LogP contribution < -0.4 is 5.73 Å². The van der Waals surface area contributed by atoms with E-state index in [-0.39, 0.29) is 23.7 Å². The molecule has 0 aromatic rings. The fraction of sp³-hybridized carbons (Fsp3) is 0.833. The number of rotatable bonds is 2. The highest BCUT2D eigenvalue weighted by Gasteiger charge is 2.30. The van der Waals surface area contributed by atoms with E-state index in [9.17, 15) is 9.59 Å². The number of primary amides is 1. The summed E-state index contributed by atoms with van der Waals surface area (Å²) in [6.45, 7) is 2.72. The number of carbonyl (C=O) groups excluding carboxylic acids is 2. The highest BCUT2D eigenvalue weighted by Crippen LogP contribution is 2.22. The van der Waals surface area contributed by atoms with Gasteiger partial charge in [-0.15, -0.1) is 0 Å². The van der Waals surface area contributed by atoms with Gasteiger partial charge in [0.15, 0.2) is 0 Å². The van der Waals surface area contributed by atoms with E-state index < -0.39 is 0 Å². The number of carbonyl (C=O) groups is 2. The third kappa shape index (κ3) is 2.97. The van der Waals surface area contributed by atoms with Crippen molar-refractivity contribution in [2.75, 3.05) is 26.3 Å². The van der Waals surface area contributed by atoms with Gasteiger partial charge < -0.3 is 15.4 Å². The normalized spacial score (nSPS) is 23.6. The van der Waals surface area contributed by atoms with Crippen LogP contribution in [-0.4, -0.2) is 43.0 Å². The minimum absolute atomic E-state index is 0.0475. The van der Waals surface area contributed by atoms with Gasteiger partial charge in [0, 0.05) is 38.1 Å². The van der Waals surface area contributed by atoms with Gasteiger partial charge in [0.1, 0.15) is 0 Å². The second kappa shape index (κ2) is 5.49. The van der Waals surface area contributed by atoms with E-state index in [2.05, 4.69) is 0 Å². The minimum atomic E-state index is -0.233. The summed E-state index contributed by atoms with van der Waals surface area (Å²) in [6, 6.07) is 0. The number of amides is 2. The molecule has 2 fully saturated rings. The van der Waals surface area contributed by atoms with E-state index in [0.717, 1.165) is 12.8 Å². The Balaban J connectivity index is 1.83. The summed E-state index contributed by atoms with van der Waals surface area (Å²) in [5.41, 5.74) is 5.27. The van der Waals surface area contributed by atoms with E-state index in [4.69, 9.17) is 10.5 Å². The quantitative estimate of drug-likeness (QED) is 0.746. The summed E-state index contributed by atoms with van der Waals surface area (Å²) in [6.07, 6.45) is 3.08. The molecule has 2 amide bonds. The molecule has 0 bridgehead atoms. The van der Waals surface area contributed by atoms with E-state index in [1.54, 1.807) is 0 Å². The summed E-state index contributed by atoms with van der Waals surface area (Å²) in [7, 11) is 0. The first-order chi connectivity index (χ1) is 8.18. The molecule has 2 rings (SSSR count). The maximum atomic E-state index is 12.2. The molecule has 0 unspecified atom stereocenters. The summed E-state index contributed by atoms with van der Waals surface area (Å²) in [5, 5.41) is 0. The molecular formula is C12H20N2O3. The average molecular weight is 240 g/mol. The molecule has 96 valence electrons. The Labute approximate surface area is 101 Å². The zero-order valence-electron chi connectivity index (χ0n) is 10.1. The van der Waals surface area contributed by atoms with Crippen LogP contribution in [0.15, 0.2) is 0 Å². The lowest BCUT2D eigenvalue weighted by Gasteiger charge is -2.34. The van der Waals surface area contributed by atoms with Gasteiger partial charge in [-0.25, -0.2) is 0 Å². The zero-order valence-corrected chi connectivity index (χ0v) is 10.1. The van der Waals surface area contributed by atoms with Crippen molar-refractivity contribution in [3.8, 4) is 0 Å². The second-order valence-electron chi connectivity index (χ2n) is 4.89. The van der Waals surface area contributed by atoms with Gasteiger partial charge in [-0.2, -0.15) is 0 Å². The first kappa shape index (κ1) is 12.4. The third-order valence-corrected chi connectivity index (χ3v) is 3.78. The minimum Gasteiger partial charge on any atom is -0.381 e. The van der Waals surface area contributed by atoms with Crippen molar-refractivity contribution in [3.05, 3.63) is 0 Å². The van der Waals surface area contributed by atoms with Crippen LogP contribution in [0.5, 0.6) is 0 Å². The van der Waals surface area contributed by atoms with Gasteiger partial charge in [0.2, 0.25) is 11.8 Å². The Morgan fingerprint density at radius 3 is 2.12 bits per heavy atom. The molecule has 2 aliphatic rings. The molecule has 2 N–H and O–H groups in total. The molecule has 2 heterocycles. The largest absolute Gasteiger partial charge is 0.381 e. The molecule has 5 heteroatoms. The van der Waals surface area contributed by atoms with Gasteiger partial charge in [0.25, 0.3) is 0 Å². The van der Waals surface area contributed by atoms with Crippen molar-refractivity contribution >= 4 is 11.8 Å². The van der Waals surface area contributed by atoms with Crippen LogP contribution in [0.2, 0.25) is 0 Å². The fourth-order valence-corrected chi connectivity index (χ4v) is 2.59. The Morgan fingerprint density at radius 1 is 1.00 bits per heavy atom. The smallest absolute Gasteiger partial charge is 0.225 e. The summed E-state index contributed by atoms with van der Waals surface area (Å²) < 4.78 is 5.25. The zero-order chi connectivity index (χ0) is 12.3. The standard InChI is InChI=1S/C12H20N2O3/c13-11(15)9-1-5-14(6-2-9)12(16)10-3-7-17-8-4-10/h9-10H,1-8H2,(H2,13,15). The predicted molar refractivity (Wildman–Crippen MR) is 62.0 cm³/mol. The first-order valence-electron chi connectivity index (χ1n) is 6.34. The van der Waals surface area contributed by atoms with Crippen LogP contribution in [0.4, 0.5) is 0 Å². The van der Waals surface area contributed by atoms with E-state index in [0.29, 0.717) is 39.1 Å². The van der Waals surface area contributed by atoms with Gasteiger partial charge in [0.05, 0.1) is 0 Å². The number of hydrogen-bond acceptors (Lipinski definition) is 3. The molecule has 17 heavy (non-hydrogen) atoms. The maximum Gasteiger partial charge on any atom is 0.225 e. The fourth-order valence-electron chi connectivity index (χ4n) is 2.59. The lowest BCUT2D eigenvalue weighted by Crippen LogP contribution is -2.45. The number of piperidine rings is 1. The molecule has 0 spiro atoms. The molecule has 0 aromatic heterocycles. The van der Waals surface area contributed by atoms with Gasteiger partial charge in [-0.3, -0.25) is 9.59 Å². The monoisotopic (exact) mass is 240 g/mol. The number of likely N-dealkylation sites (tertiary alicyclic amines) is 1. The van der Waals surface area contributed by atoms with E-state index in [1.807, 2.05) is 4.90 Å². The molecular weight excluding hydrogens is 220 g/mol. The molecule has 0 aromatic carbocycles. The van der Waals surface area contributed by atoms with Crippen LogP contribution in [0, 0.1) is 11.8 Å². The van der Waals surface area contributed by atoms with Crippen LogP contribution in [0.1, 0.15) is 25.7 Å². The van der Waals surface area contributed by atoms with Crippen molar-refractivity contribution < 1.29 is 14.3 Å². The number of nitrogens with zero attached hydrogens (tertiary/aromatic N) is 1. The molecule has 2 aliphatic heterocycles. The SMILES string of the molecule is NC(=O)C1CCN(C(=O)C2CCOCC2)CC1. The lowest BCUT2D eigenvalue weighted by atomic mass is 9.93. The Hall–Kier alpha value is -1.10. The molecule has 0 aliphatic carbocycles. The lowest BCUT2D eigenvalue weighted by molar-refractivity contribution is -0.141. The van der Waals surface area contributed by atoms with E-state index in [1.165, 1.54) is 0 Å². The Morgan fingerprint density at radius 2 is 1.59 bits per heavy atom. The molecule has 5 nitrogen and oxygen atoms in total. The van der Waals surface area contributed by atoms with Crippen LogP contribution in [-0.2, 0) is 14.3 Å². The van der Waals surface area contributed by atoms with Gasteiger partial charge in [-0.1, -0.05) is 0 Å². The van der Waals surface area contributed by atoms with Crippen LogP contribution in [0.3, 0.4) is 0 Å². The Kier molecular flexibility index (Phi) is 3.99. The van der Waals surface area contributed by atoms with Crippen molar-refractivity contribution in [3.63, 3.8) is 0 Å². The third-order valence-electron chi connectivity index (χ3n) is 3.78. The second-order valence-corrected chi connectivity index (χ2v) is 4.89. The molecule has 0 atom stereocenters. The van der Waals surface area contributed by atoms with Gasteiger partial charge in [-0.05, 0) is 25.7 Å². The maximum absolute atomic E-state index is 12.2. The summed E-state index contributed by atoms with van der Waals surface area (Å²) in [5.74, 6) is 0.0713. The highest BCUT2D eigenvalue weighted by molar-refractivity contribution is 5.80. The number of nitrogens with two attached hydrogens (primary N) is 1. The summed E-state index contributed by atoms with van der Waals surface area (Å²) >= 11 is 0. The van der Waals surface area contributed by atoms with Crippen molar-refractivity contribution in [2.24, 2.45) is 17.6 Å². The number of hydrogen-bond donors (Lipinski definition) is 1. The average Bonchev–Trinajstić information content (AvgIpc) is 2.39. The van der Waals surface area contributed by atoms with E-state index >= 15 is 0 Å². The van der Waals surface area contributed by atoms with Crippen LogP contribution in [0.25, 0.3) is 0 Å². The first-order valence-corrected chi connectivity index (χ1v) is 6.34. The van der Waals surface area contributed by atoms with Crippen molar-refractivity contribution in [1.29, 1.82) is 0 Å². The summed E-state index contributed by atoms with van der Waals surface area (Å²) in [4.78, 5) is 25.1. The number of ether oxygens (including phenoxy) is 1. The highest BCUT2D eigenvalue weighted by atomic mass is 16.5. The molecule has 0 radical (unpaired) electrons. The van der Waals surface area contributed by atoms with Gasteiger partial charge >= 0.3 is 0 Å². The van der Waals surface area contributed by atoms with Crippen molar-refractivity contribution in [1.82, 2.24) is 4.90 Å². The Bertz CT molecular complexity index is 292. The predicted octanol–water partition coefficient (Wildman–Crippen LogP) is 0.137. The molecule has 0 saturated carbocycles. The topological polar surface area (TPSA) is 72.6 Å². The van der Waals surface area contributed by atoms with Crippen LogP contribution >= 0.6 is 0 Å². The van der Waals surface area contributed by atoms with Crippen molar-refractivity contribution in [2.45, 2.75) is 25.7 Å².